The van der Waals surface area contributed by atoms with Crippen LogP contribution in [0.2, 0.25) is 0 Å². The predicted molar refractivity (Wildman–Crippen MR) is 98.6 cm³/mol. The third-order valence-electron chi connectivity index (χ3n) is 4.57. The zero-order chi connectivity index (χ0) is 19.8. The van der Waals surface area contributed by atoms with E-state index in [4.69, 9.17) is 23.4 Å². The smallest absolute Gasteiger partial charge is 0.336 e. The molecule has 0 saturated carbocycles. The van der Waals surface area contributed by atoms with Gasteiger partial charge in [0, 0.05) is 23.1 Å². The number of aromatic hydroxyl groups is 1. The van der Waals surface area contributed by atoms with Crippen molar-refractivity contribution in [3.05, 3.63) is 52.4 Å². The lowest BCUT2D eigenvalue weighted by Gasteiger charge is -2.33. The second-order valence-electron chi connectivity index (χ2n) is 6.24. The maximum Gasteiger partial charge on any atom is 0.336 e. The Kier molecular flexibility index (Phi) is 4.48. The molecular formula is C20H18O8. The Morgan fingerprint density at radius 1 is 1.00 bits per heavy atom. The van der Waals surface area contributed by atoms with E-state index in [-0.39, 0.29) is 23.9 Å². The van der Waals surface area contributed by atoms with Crippen LogP contribution in [0.25, 0.3) is 11.0 Å². The molecule has 146 valence electrons. The van der Waals surface area contributed by atoms with Gasteiger partial charge in [0.25, 0.3) is 0 Å². The summed E-state index contributed by atoms with van der Waals surface area (Å²) in [6.07, 6.45) is -1.42. The van der Waals surface area contributed by atoms with Crippen LogP contribution >= 0.6 is 0 Å². The molecule has 0 aliphatic carbocycles. The van der Waals surface area contributed by atoms with Crippen LogP contribution in [0.1, 0.15) is 11.7 Å². The first-order valence-electron chi connectivity index (χ1n) is 8.51. The number of phenolic OH excluding ortho intramolecular Hbond substituents is 1. The molecule has 0 radical (unpaired) electrons. The van der Waals surface area contributed by atoms with Crippen LogP contribution < -0.4 is 24.6 Å². The summed E-state index contributed by atoms with van der Waals surface area (Å²) in [4.78, 5) is 11.5. The standard InChI is InChI=1S/C20H18O8/c1-24-15-6-11(7-16(25-2)19(15)23)20-17(9-21)26-13-5-10-3-4-18(22)27-12(10)8-14(13)28-20/h3-8,17,20-21,23H,9H2,1-2H3/t17-,20-/m0/s1. The zero-order valence-corrected chi connectivity index (χ0v) is 15.2. The molecule has 2 aromatic carbocycles. The lowest BCUT2D eigenvalue weighted by atomic mass is 10.0. The van der Waals surface area contributed by atoms with Crippen LogP contribution in [-0.4, -0.2) is 37.1 Å². The van der Waals surface area contributed by atoms with Gasteiger partial charge in [-0.1, -0.05) is 0 Å². The predicted octanol–water partition coefficient (Wildman–Crippen LogP) is 2.39. The van der Waals surface area contributed by atoms with E-state index in [2.05, 4.69) is 0 Å². The molecule has 2 heterocycles. The molecule has 8 heteroatoms. The van der Waals surface area contributed by atoms with Crippen LogP contribution in [0.3, 0.4) is 0 Å². The first-order chi connectivity index (χ1) is 13.5. The number of rotatable bonds is 4. The third kappa shape index (κ3) is 2.97. The van der Waals surface area contributed by atoms with Gasteiger partial charge in [0.2, 0.25) is 5.75 Å². The van der Waals surface area contributed by atoms with Gasteiger partial charge in [0.15, 0.2) is 35.2 Å². The second-order valence-corrected chi connectivity index (χ2v) is 6.24. The van der Waals surface area contributed by atoms with Crippen molar-refractivity contribution in [1.82, 2.24) is 0 Å². The monoisotopic (exact) mass is 386 g/mol. The zero-order valence-electron chi connectivity index (χ0n) is 15.2. The van der Waals surface area contributed by atoms with Gasteiger partial charge in [-0.05, 0) is 24.3 Å². The molecule has 0 spiro atoms. The Labute approximate surface area is 159 Å². The van der Waals surface area contributed by atoms with Gasteiger partial charge in [0.05, 0.1) is 20.8 Å². The highest BCUT2D eigenvalue weighted by atomic mass is 16.6. The van der Waals surface area contributed by atoms with Gasteiger partial charge in [-0.25, -0.2) is 4.79 Å². The number of phenols is 1. The molecule has 0 fully saturated rings. The fourth-order valence-corrected chi connectivity index (χ4v) is 3.19. The summed E-state index contributed by atoms with van der Waals surface area (Å²) in [5, 5.41) is 20.6. The van der Waals surface area contributed by atoms with Crippen molar-refractivity contribution < 1.29 is 33.6 Å². The molecule has 2 N–H and O–H groups in total. The highest BCUT2D eigenvalue weighted by molar-refractivity contribution is 5.80. The molecule has 0 unspecified atom stereocenters. The minimum absolute atomic E-state index is 0.140. The second kappa shape index (κ2) is 6.97. The topological polar surface area (TPSA) is 108 Å². The van der Waals surface area contributed by atoms with Gasteiger partial charge >= 0.3 is 5.63 Å². The van der Waals surface area contributed by atoms with Crippen molar-refractivity contribution in [1.29, 1.82) is 0 Å². The first-order valence-corrected chi connectivity index (χ1v) is 8.51. The van der Waals surface area contributed by atoms with Crippen molar-refractivity contribution >= 4 is 11.0 Å². The Bertz CT molecular complexity index is 1060. The SMILES string of the molecule is COc1cc([C@@H]2Oc3cc4oc(=O)ccc4cc3O[C@H]2CO)cc(OC)c1O. The maximum atomic E-state index is 11.5. The van der Waals surface area contributed by atoms with Crippen molar-refractivity contribution in [3.8, 4) is 28.7 Å². The maximum absolute atomic E-state index is 11.5. The Hall–Kier alpha value is -3.39. The van der Waals surface area contributed by atoms with E-state index in [1.54, 1.807) is 30.3 Å². The molecular weight excluding hydrogens is 368 g/mol. The van der Waals surface area contributed by atoms with Crippen LogP contribution in [0.5, 0.6) is 28.7 Å². The number of ether oxygens (including phenoxy) is 4. The van der Waals surface area contributed by atoms with E-state index >= 15 is 0 Å². The fourth-order valence-electron chi connectivity index (χ4n) is 3.19. The summed E-state index contributed by atoms with van der Waals surface area (Å²) in [6, 6.07) is 9.37. The number of methoxy groups -OCH3 is 2. The number of benzene rings is 2. The lowest BCUT2D eigenvalue weighted by molar-refractivity contribution is -0.0123. The van der Waals surface area contributed by atoms with Gasteiger partial charge < -0.3 is 33.6 Å². The number of hydrogen-bond acceptors (Lipinski definition) is 8. The van der Waals surface area contributed by atoms with Crippen LogP contribution in [0.4, 0.5) is 0 Å². The van der Waals surface area contributed by atoms with Crippen molar-refractivity contribution in [2.75, 3.05) is 20.8 Å². The Morgan fingerprint density at radius 2 is 1.68 bits per heavy atom. The largest absolute Gasteiger partial charge is 0.502 e. The van der Waals surface area contributed by atoms with E-state index in [1.807, 2.05) is 0 Å². The minimum Gasteiger partial charge on any atom is -0.502 e. The number of hydrogen-bond donors (Lipinski definition) is 2. The Morgan fingerprint density at radius 3 is 2.32 bits per heavy atom. The summed E-state index contributed by atoms with van der Waals surface area (Å²) in [5.74, 6) is 1.05. The third-order valence-corrected chi connectivity index (χ3v) is 4.57. The van der Waals surface area contributed by atoms with E-state index in [9.17, 15) is 15.0 Å². The molecule has 0 saturated heterocycles. The fraction of sp³-hybridized carbons (Fsp3) is 0.250. The minimum atomic E-state index is -0.714. The summed E-state index contributed by atoms with van der Waals surface area (Å²) < 4.78 is 27.6. The van der Waals surface area contributed by atoms with Gasteiger partial charge in [-0.15, -0.1) is 0 Å². The highest BCUT2D eigenvalue weighted by Crippen LogP contribution is 2.45. The van der Waals surface area contributed by atoms with E-state index < -0.39 is 17.8 Å². The first kappa shape index (κ1) is 18.0. The van der Waals surface area contributed by atoms with E-state index in [1.165, 1.54) is 20.3 Å². The van der Waals surface area contributed by atoms with Crippen molar-refractivity contribution in [3.63, 3.8) is 0 Å². The molecule has 8 nitrogen and oxygen atoms in total. The molecule has 2 atom stereocenters. The number of aliphatic hydroxyl groups excluding tert-OH is 1. The highest BCUT2D eigenvalue weighted by Gasteiger charge is 2.34. The molecule has 1 aromatic heterocycles. The summed E-state index contributed by atoms with van der Waals surface area (Å²) >= 11 is 0. The Balaban J connectivity index is 1.80. The average Bonchev–Trinajstić information content (AvgIpc) is 2.71. The average molecular weight is 386 g/mol. The number of fused-ring (bicyclic) bond motifs is 2. The van der Waals surface area contributed by atoms with Gasteiger partial charge in [-0.2, -0.15) is 0 Å². The van der Waals surface area contributed by atoms with Gasteiger partial charge in [-0.3, -0.25) is 0 Å². The van der Waals surface area contributed by atoms with Crippen LogP contribution in [0.15, 0.2) is 45.6 Å². The van der Waals surface area contributed by atoms with Crippen molar-refractivity contribution in [2.45, 2.75) is 12.2 Å². The lowest BCUT2D eigenvalue weighted by Crippen LogP contribution is -2.36. The van der Waals surface area contributed by atoms with Crippen LogP contribution in [-0.2, 0) is 0 Å². The normalized spacial score (nSPS) is 18.1. The van der Waals surface area contributed by atoms with Crippen LogP contribution in [0, 0.1) is 0 Å². The molecule has 1 aliphatic rings. The number of aliphatic hydroxyl groups is 1. The summed E-state index contributed by atoms with van der Waals surface area (Å²) in [7, 11) is 2.84. The quantitative estimate of drug-likeness (QED) is 0.658. The van der Waals surface area contributed by atoms with E-state index in [0.29, 0.717) is 28.0 Å². The summed E-state index contributed by atoms with van der Waals surface area (Å²) in [5.41, 5.74) is 0.463. The van der Waals surface area contributed by atoms with E-state index in [0.717, 1.165) is 0 Å². The molecule has 0 bridgehead atoms. The molecule has 4 rings (SSSR count). The molecule has 28 heavy (non-hydrogen) atoms. The van der Waals surface area contributed by atoms with Gasteiger partial charge in [0.1, 0.15) is 5.58 Å². The molecule has 1 aliphatic heterocycles. The molecule has 0 amide bonds. The summed E-state index contributed by atoms with van der Waals surface area (Å²) in [6.45, 7) is -0.308. The molecule has 3 aromatic rings. The van der Waals surface area contributed by atoms with Crippen molar-refractivity contribution in [2.24, 2.45) is 0 Å².